The number of benzene rings is 3. The second kappa shape index (κ2) is 13.1. The molecule has 0 fully saturated rings. The Labute approximate surface area is 225 Å². The monoisotopic (exact) mass is 570 g/mol. The highest BCUT2D eigenvalue weighted by atomic mass is 79.9. The van der Waals surface area contributed by atoms with Gasteiger partial charge in [-0.2, -0.15) is 0 Å². The predicted octanol–water partition coefficient (Wildman–Crippen LogP) is 6.38. The van der Waals surface area contributed by atoms with Crippen molar-refractivity contribution in [2.24, 2.45) is 0 Å². The molecular formula is C29H32BrFN2O2S. The largest absolute Gasteiger partial charge is 0.350 e. The zero-order chi connectivity index (χ0) is 26.1. The number of rotatable bonds is 10. The summed E-state index contributed by atoms with van der Waals surface area (Å²) < 4.78 is 15.0. The smallest absolute Gasteiger partial charge is 0.243 e. The van der Waals surface area contributed by atoms with Crippen LogP contribution in [0.1, 0.15) is 37.5 Å². The summed E-state index contributed by atoms with van der Waals surface area (Å²) in [6, 6.07) is 23.3. The first-order valence-corrected chi connectivity index (χ1v) is 13.8. The van der Waals surface area contributed by atoms with E-state index in [0.29, 0.717) is 17.7 Å². The van der Waals surface area contributed by atoms with Crippen molar-refractivity contribution in [2.45, 2.75) is 51.1 Å². The van der Waals surface area contributed by atoms with E-state index < -0.39 is 11.6 Å². The Kier molecular flexibility index (Phi) is 10.1. The minimum atomic E-state index is -0.702. The summed E-state index contributed by atoms with van der Waals surface area (Å²) in [6.45, 7) is 6.06. The molecule has 0 radical (unpaired) electrons. The molecule has 0 spiro atoms. The quantitative estimate of drug-likeness (QED) is 0.308. The second-order valence-corrected chi connectivity index (χ2v) is 11.6. The summed E-state index contributed by atoms with van der Waals surface area (Å²) in [5, 5.41) is 3.06. The molecule has 4 nitrogen and oxygen atoms in total. The van der Waals surface area contributed by atoms with Gasteiger partial charge in [-0.05, 0) is 55.7 Å². The van der Waals surface area contributed by atoms with Crippen LogP contribution in [0.25, 0.3) is 0 Å². The van der Waals surface area contributed by atoms with Crippen LogP contribution in [0.2, 0.25) is 0 Å². The molecule has 0 bridgehead atoms. The van der Waals surface area contributed by atoms with Crippen molar-refractivity contribution < 1.29 is 14.0 Å². The first-order valence-electron chi connectivity index (χ1n) is 11.8. The van der Waals surface area contributed by atoms with Gasteiger partial charge in [0, 0.05) is 28.7 Å². The van der Waals surface area contributed by atoms with Crippen molar-refractivity contribution in [3.63, 3.8) is 0 Å². The standard InChI is InChI=1S/C29H32BrFN2O2S/c1-29(2,3)32-28(35)26(17-21-10-5-4-6-11-21)33(18-22-12-9-14-24(30)16-22)27(34)20-36-19-23-13-7-8-15-25(23)31/h4-16,26H,17-20H2,1-3H3,(H,32,35)/t26-/m0/s1. The average molecular weight is 572 g/mol. The van der Waals surface area contributed by atoms with E-state index >= 15 is 0 Å². The van der Waals surface area contributed by atoms with Crippen molar-refractivity contribution in [3.8, 4) is 0 Å². The van der Waals surface area contributed by atoms with E-state index in [-0.39, 0.29) is 29.9 Å². The lowest BCUT2D eigenvalue weighted by Crippen LogP contribution is -2.54. The van der Waals surface area contributed by atoms with Crippen molar-refractivity contribution in [2.75, 3.05) is 5.75 Å². The average Bonchev–Trinajstić information content (AvgIpc) is 2.82. The number of halogens is 2. The molecular weight excluding hydrogens is 539 g/mol. The molecule has 0 saturated heterocycles. The summed E-state index contributed by atoms with van der Waals surface area (Å²) in [5.41, 5.74) is 1.99. The molecule has 1 atom stereocenters. The van der Waals surface area contributed by atoms with Gasteiger partial charge in [0.15, 0.2) is 0 Å². The topological polar surface area (TPSA) is 49.4 Å². The van der Waals surface area contributed by atoms with E-state index in [1.807, 2.05) is 75.4 Å². The lowest BCUT2D eigenvalue weighted by atomic mass is 10.0. The first kappa shape index (κ1) is 27.9. The van der Waals surface area contributed by atoms with Crippen molar-refractivity contribution in [1.29, 1.82) is 0 Å². The van der Waals surface area contributed by atoms with Crippen LogP contribution in [0, 0.1) is 5.82 Å². The maximum absolute atomic E-state index is 14.1. The number of amides is 2. The Morgan fingerprint density at radius 3 is 2.31 bits per heavy atom. The van der Waals surface area contributed by atoms with Gasteiger partial charge in [-0.15, -0.1) is 11.8 Å². The van der Waals surface area contributed by atoms with Gasteiger partial charge in [-0.1, -0.05) is 76.6 Å². The van der Waals surface area contributed by atoms with Crippen LogP contribution in [-0.4, -0.2) is 34.0 Å². The van der Waals surface area contributed by atoms with E-state index in [2.05, 4.69) is 21.2 Å². The molecule has 190 valence electrons. The third-order valence-corrected chi connectivity index (χ3v) is 6.91. The van der Waals surface area contributed by atoms with Crippen LogP contribution >= 0.6 is 27.7 Å². The summed E-state index contributed by atoms with van der Waals surface area (Å²) in [7, 11) is 0. The number of carbonyl (C=O) groups is 2. The number of carbonyl (C=O) groups excluding carboxylic acids is 2. The molecule has 0 saturated carbocycles. The van der Waals surface area contributed by atoms with E-state index in [1.54, 1.807) is 23.1 Å². The maximum Gasteiger partial charge on any atom is 0.243 e. The number of hydrogen-bond acceptors (Lipinski definition) is 3. The van der Waals surface area contributed by atoms with Gasteiger partial charge < -0.3 is 10.2 Å². The first-order chi connectivity index (χ1) is 17.1. The lowest BCUT2D eigenvalue weighted by Gasteiger charge is -2.34. The molecule has 0 heterocycles. The Morgan fingerprint density at radius 2 is 1.64 bits per heavy atom. The van der Waals surface area contributed by atoms with E-state index in [9.17, 15) is 14.0 Å². The van der Waals surface area contributed by atoms with Crippen LogP contribution in [0.4, 0.5) is 4.39 Å². The Hall–Kier alpha value is -2.64. The van der Waals surface area contributed by atoms with Crippen LogP contribution in [-0.2, 0) is 28.3 Å². The molecule has 2 amide bonds. The van der Waals surface area contributed by atoms with E-state index in [4.69, 9.17) is 0 Å². The number of nitrogens with zero attached hydrogens (tertiary/aromatic N) is 1. The van der Waals surface area contributed by atoms with Gasteiger partial charge in [-0.25, -0.2) is 4.39 Å². The molecule has 0 aliphatic heterocycles. The highest BCUT2D eigenvalue weighted by molar-refractivity contribution is 9.10. The fraction of sp³-hybridized carbons (Fsp3) is 0.310. The molecule has 3 rings (SSSR count). The molecule has 0 aliphatic carbocycles. The van der Waals surface area contributed by atoms with Crippen LogP contribution in [0.15, 0.2) is 83.3 Å². The van der Waals surface area contributed by atoms with Gasteiger partial charge in [0.1, 0.15) is 11.9 Å². The maximum atomic E-state index is 14.1. The molecule has 0 aliphatic rings. The van der Waals surface area contributed by atoms with Crippen LogP contribution in [0.5, 0.6) is 0 Å². The molecule has 7 heteroatoms. The zero-order valence-corrected chi connectivity index (χ0v) is 23.2. The molecule has 0 unspecified atom stereocenters. The molecule has 1 N–H and O–H groups in total. The normalized spacial score (nSPS) is 12.1. The van der Waals surface area contributed by atoms with E-state index in [1.165, 1.54) is 17.8 Å². The summed E-state index contributed by atoms with van der Waals surface area (Å²) in [5.74, 6) is -0.137. The van der Waals surface area contributed by atoms with Gasteiger partial charge in [0.25, 0.3) is 0 Å². The minimum Gasteiger partial charge on any atom is -0.350 e. The Morgan fingerprint density at radius 1 is 0.972 bits per heavy atom. The summed E-state index contributed by atoms with van der Waals surface area (Å²) in [4.78, 5) is 28.8. The van der Waals surface area contributed by atoms with Gasteiger partial charge in [0.2, 0.25) is 11.8 Å². The Balaban J connectivity index is 1.88. The molecule has 36 heavy (non-hydrogen) atoms. The van der Waals surface area contributed by atoms with Crippen molar-refractivity contribution in [3.05, 3.63) is 106 Å². The molecule has 0 aromatic heterocycles. The highest BCUT2D eigenvalue weighted by Gasteiger charge is 2.32. The number of thioether (sulfide) groups is 1. The van der Waals surface area contributed by atoms with Crippen molar-refractivity contribution >= 4 is 39.5 Å². The minimum absolute atomic E-state index is 0.135. The van der Waals surface area contributed by atoms with E-state index in [0.717, 1.165) is 15.6 Å². The summed E-state index contributed by atoms with van der Waals surface area (Å²) >= 11 is 4.85. The van der Waals surface area contributed by atoms with Crippen LogP contribution < -0.4 is 5.32 Å². The fourth-order valence-electron chi connectivity index (χ4n) is 3.79. The third-order valence-electron chi connectivity index (χ3n) is 5.45. The van der Waals surface area contributed by atoms with Gasteiger partial charge in [-0.3, -0.25) is 9.59 Å². The summed E-state index contributed by atoms with van der Waals surface area (Å²) in [6.07, 6.45) is 0.389. The second-order valence-electron chi connectivity index (χ2n) is 9.68. The van der Waals surface area contributed by atoms with Gasteiger partial charge in [0.05, 0.1) is 5.75 Å². The van der Waals surface area contributed by atoms with Crippen molar-refractivity contribution in [1.82, 2.24) is 10.2 Å². The zero-order valence-electron chi connectivity index (χ0n) is 20.8. The SMILES string of the molecule is CC(C)(C)NC(=O)[C@H](Cc1ccccc1)N(Cc1cccc(Br)c1)C(=O)CSCc1ccccc1F. The third kappa shape index (κ3) is 8.79. The Bertz CT molecular complexity index is 1170. The number of nitrogens with one attached hydrogen (secondary N) is 1. The lowest BCUT2D eigenvalue weighted by molar-refractivity contribution is -0.140. The highest BCUT2D eigenvalue weighted by Crippen LogP contribution is 2.21. The molecule has 3 aromatic rings. The molecule has 3 aromatic carbocycles. The van der Waals surface area contributed by atoms with Gasteiger partial charge >= 0.3 is 0 Å². The van der Waals surface area contributed by atoms with Crippen LogP contribution in [0.3, 0.4) is 0 Å². The number of hydrogen-bond donors (Lipinski definition) is 1. The fourth-order valence-corrected chi connectivity index (χ4v) is 5.13. The predicted molar refractivity (Wildman–Crippen MR) is 149 cm³/mol.